The first-order valence-corrected chi connectivity index (χ1v) is 7.03. The minimum absolute atomic E-state index is 0.155. The second-order valence-electron chi connectivity index (χ2n) is 6.44. The van der Waals surface area contributed by atoms with Gasteiger partial charge in [0.25, 0.3) is 0 Å². The van der Waals surface area contributed by atoms with Crippen LogP contribution in [0.4, 0.5) is 9.18 Å². The molecule has 0 aromatic carbocycles. The van der Waals surface area contributed by atoms with Gasteiger partial charge in [0.1, 0.15) is 11.3 Å². The monoisotopic (exact) mass is 275 g/mol. The molecule has 1 aliphatic rings. The minimum Gasteiger partial charge on any atom is -0.444 e. The van der Waals surface area contributed by atoms with E-state index >= 15 is 0 Å². The Morgan fingerprint density at radius 1 is 1.37 bits per heavy atom. The molecule has 2 N–H and O–H groups in total. The molecule has 0 heterocycles. The normalized spacial score (nSPS) is 20.7. The lowest BCUT2D eigenvalue weighted by molar-refractivity contribution is 0.0383. The molecule has 5 heteroatoms. The van der Waals surface area contributed by atoms with E-state index in [0.29, 0.717) is 12.8 Å². The van der Waals surface area contributed by atoms with E-state index in [-0.39, 0.29) is 13.0 Å². The van der Waals surface area contributed by atoms with E-state index in [1.807, 2.05) is 0 Å². The van der Waals surface area contributed by atoms with E-state index in [1.165, 1.54) is 0 Å². The number of carbonyl (C=O) groups excluding carboxylic acids is 1. The van der Waals surface area contributed by atoms with Crippen molar-refractivity contribution in [3.8, 4) is 0 Å². The summed E-state index contributed by atoms with van der Waals surface area (Å²) < 4.78 is 19.6. The fourth-order valence-electron chi connectivity index (χ4n) is 2.47. The molecule has 1 rings (SSSR count). The van der Waals surface area contributed by atoms with E-state index in [1.54, 1.807) is 20.8 Å². The quantitative estimate of drug-likeness (QED) is 0.829. The zero-order chi connectivity index (χ0) is 14.5. The molecule has 1 saturated carbocycles. The van der Waals surface area contributed by atoms with E-state index < -0.39 is 23.4 Å². The molecular weight excluding hydrogens is 249 g/mol. The van der Waals surface area contributed by atoms with Gasteiger partial charge in [-0.1, -0.05) is 19.3 Å². The van der Waals surface area contributed by atoms with Crippen LogP contribution in [0.1, 0.15) is 59.3 Å². The van der Waals surface area contributed by atoms with Crippen molar-refractivity contribution in [1.82, 2.24) is 5.32 Å². The van der Waals surface area contributed by atoms with Gasteiger partial charge >= 0.3 is 6.09 Å². The van der Waals surface area contributed by atoms with E-state index in [0.717, 1.165) is 19.3 Å². The predicted octanol–water partition coefficient (Wildman–Crippen LogP) is 2.93. The molecular formula is C14H26FNO3. The summed E-state index contributed by atoms with van der Waals surface area (Å²) in [4.78, 5) is 11.6. The molecule has 0 bridgehead atoms. The highest BCUT2D eigenvalue weighted by atomic mass is 19.1. The van der Waals surface area contributed by atoms with Crippen LogP contribution in [-0.4, -0.2) is 35.1 Å². The number of nitrogens with one attached hydrogen (secondary N) is 1. The second kappa shape index (κ2) is 6.55. The number of hydrogen-bond donors (Lipinski definition) is 2. The van der Waals surface area contributed by atoms with Crippen molar-refractivity contribution in [2.45, 2.75) is 76.6 Å². The zero-order valence-electron chi connectivity index (χ0n) is 12.2. The van der Waals surface area contributed by atoms with Gasteiger partial charge in [-0.3, -0.25) is 0 Å². The van der Waals surface area contributed by atoms with E-state index in [2.05, 4.69) is 5.32 Å². The third-order valence-corrected chi connectivity index (χ3v) is 3.30. The van der Waals surface area contributed by atoms with Crippen LogP contribution in [0.5, 0.6) is 0 Å². The van der Waals surface area contributed by atoms with Crippen LogP contribution in [0, 0.1) is 0 Å². The number of aliphatic hydroxyl groups excluding tert-OH is 1. The lowest BCUT2D eigenvalue weighted by Crippen LogP contribution is -2.45. The Kier molecular flexibility index (Phi) is 5.59. The molecule has 19 heavy (non-hydrogen) atoms. The number of alkyl carbamates (subject to hydrolysis) is 1. The molecule has 1 aliphatic carbocycles. The van der Waals surface area contributed by atoms with Gasteiger partial charge in [-0.15, -0.1) is 0 Å². The van der Waals surface area contributed by atoms with Crippen molar-refractivity contribution in [3.63, 3.8) is 0 Å². The molecule has 0 aromatic rings. The van der Waals surface area contributed by atoms with Crippen molar-refractivity contribution in [1.29, 1.82) is 0 Å². The second-order valence-corrected chi connectivity index (χ2v) is 6.44. The fraction of sp³-hybridized carbons (Fsp3) is 0.929. The van der Waals surface area contributed by atoms with E-state index in [4.69, 9.17) is 4.74 Å². The van der Waals surface area contributed by atoms with Crippen LogP contribution < -0.4 is 5.32 Å². The fourth-order valence-corrected chi connectivity index (χ4v) is 2.47. The molecule has 0 radical (unpaired) electrons. The van der Waals surface area contributed by atoms with Crippen LogP contribution >= 0.6 is 0 Å². The smallest absolute Gasteiger partial charge is 0.407 e. The highest BCUT2D eigenvalue weighted by Crippen LogP contribution is 2.35. The maximum atomic E-state index is 14.5. The van der Waals surface area contributed by atoms with Crippen molar-refractivity contribution in [3.05, 3.63) is 0 Å². The third-order valence-electron chi connectivity index (χ3n) is 3.30. The predicted molar refractivity (Wildman–Crippen MR) is 71.8 cm³/mol. The lowest BCUT2D eigenvalue weighted by Gasteiger charge is -2.32. The van der Waals surface area contributed by atoms with Gasteiger partial charge in [-0.2, -0.15) is 0 Å². The van der Waals surface area contributed by atoms with Crippen LogP contribution in [0.3, 0.4) is 0 Å². The zero-order valence-corrected chi connectivity index (χ0v) is 12.2. The first-order valence-electron chi connectivity index (χ1n) is 7.03. The van der Waals surface area contributed by atoms with Crippen molar-refractivity contribution < 1.29 is 19.0 Å². The van der Waals surface area contributed by atoms with Crippen LogP contribution in [0.2, 0.25) is 0 Å². The van der Waals surface area contributed by atoms with Gasteiger partial charge < -0.3 is 15.2 Å². The number of aliphatic hydroxyl groups is 1. The maximum Gasteiger partial charge on any atom is 0.407 e. The van der Waals surface area contributed by atoms with Gasteiger partial charge in [-0.25, -0.2) is 9.18 Å². The molecule has 4 nitrogen and oxygen atoms in total. The first-order chi connectivity index (χ1) is 8.74. The Morgan fingerprint density at radius 2 is 1.95 bits per heavy atom. The summed E-state index contributed by atoms with van der Waals surface area (Å²) in [6.07, 6.45) is 3.39. The molecule has 0 aliphatic heterocycles. The molecule has 1 amide bonds. The number of halogens is 1. The Balaban J connectivity index is 2.47. The molecule has 0 saturated heterocycles. The van der Waals surface area contributed by atoms with E-state index in [9.17, 15) is 14.3 Å². The van der Waals surface area contributed by atoms with Gasteiger partial charge in [0.2, 0.25) is 0 Å². The number of rotatable bonds is 4. The summed E-state index contributed by atoms with van der Waals surface area (Å²) in [6, 6.07) is -0.585. The largest absolute Gasteiger partial charge is 0.444 e. The Morgan fingerprint density at radius 3 is 2.42 bits per heavy atom. The SMILES string of the molecule is CC(C)(C)OC(=O)N[C@H](CO)CC1(F)CCCCC1. The summed E-state index contributed by atoms with van der Waals surface area (Å²) in [5.74, 6) is 0. The highest BCUT2D eigenvalue weighted by molar-refractivity contribution is 5.68. The van der Waals surface area contributed by atoms with Crippen LogP contribution in [-0.2, 0) is 4.74 Å². The minimum atomic E-state index is -1.26. The molecule has 0 aromatic heterocycles. The summed E-state index contributed by atoms with van der Waals surface area (Å²) in [5, 5.41) is 11.8. The molecule has 1 atom stereocenters. The highest BCUT2D eigenvalue weighted by Gasteiger charge is 2.35. The number of ether oxygens (including phenoxy) is 1. The topological polar surface area (TPSA) is 58.6 Å². The third kappa shape index (κ3) is 6.23. The standard InChI is InChI=1S/C14H26FNO3/c1-13(2,3)19-12(18)16-11(10-17)9-14(15)7-5-4-6-8-14/h11,17H,4-10H2,1-3H3,(H,16,18)/t11-/m0/s1. The average Bonchev–Trinajstić information content (AvgIpc) is 2.26. The van der Waals surface area contributed by atoms with Crippen molar-refractivity contribution in [2.24, 2.45) is 0 Å². The summed E-state index contributed by atoms with van der Waals surface area (Å²) in [7, 11) is 0. The van der Waals surface area contributed by atoms with Gasteiger partial charge in [-0.05, 0) is 33.6 Å². The molecule has 0 spiro atoms. The number of hydrogen-bond acceptors (Lipinski definition) is 3. The van der Waals surface area contributed by atoms with Crippen LogP contribution in [0.25, 0.3) is 0 Å². The number of alkyl halides is 1. The summed E-state index contributed by atoms with van der Waals surface area (Å²) >= 11 is 0. The Labute approximate surface area is 114 Å². The Hall–Kier alpha value is -0.840. The Bertz CT molecular complexity index is 296. The van der Waals surface area contributed by atoms with Gasteiger partial charge in [0.05, 0.1) is 12.6 Å². The van der Waals surface area contributed by atoms with Crippen molar-refractivity contribution >= 4 is 6.09 Å². The molecule has 1 fully saturated rings. The van der Waals surface area contributed by atoms with Gasteiger partial charge in [0.15, 0.2) is 0 Å². The number of carbonyl (C=O) groups is 1. The molecule has 0 unspecified atom stereocenters. The number of amides is 1. The van der Waals surface area contributed by atoms with Gasteiger partial charge in [0, 0.05) is 6.42 Å². The lowest BCUT2D eigenvalue weighted by atomic mass is 9.82. The average molecular weight is 275 g/mol. The summed E-state index contributed by atoms with van der Waals surface area (Å²) in [5.41, 5.74) is -1.86. The van der Waals surface area contributed by atoms with Crippen LogP contribution in [0.15, 0.2) is 0 Å². The maximum absolute atomic E-state index is 14.5. The van der Waals surface area contributed by atoms with Crippen molar-refractivity contribution in [2.75, 3.05) is 6.61 Å². The molecule has 112 valence electrons. The summed E-state index contributed by atoms with van der Waals surface area (Å²) in [6.45, 7) is 5.01. The first kappa shape index (κ1) is 16.2.